The van der Waals surface area contributed by atoms with E-state index in [2.05, 4.69) is 47.1 Å². The number of nitrogens with zero attached hydrogens (tertiary/aromatic N) is 2. The third-order valence-electron chi connectivity index (χ3n) is 5.75. The number of fused-ring (bicyclic) bond motifs is 1. The normalized spacial score (nSPS) is 11.4. The zero-order valence-corrected chi connectivity index (χ0v) is 18.5. The second-order valence-corrected chi connectivity index (χ2v) is 7.87. The topological polar surface area (TPSA) is 57.8 Å². The third-order valence-corrected chi connectivity index (χ3v) is 5.75. The Morgan fingerprint density at radius 3 is 2.41 bits per heavy atom. The Kier molecular flexibility index (Phi) is 5.91. The Hall–Kier alpha value is -4.10. The van der Waals surface area contributed by atoms with Crippen molar-refractivity contribution in [3.8, 4) is 11.8 Å². The highest BCUT2D eigenvalue weighted by molar-refractivity contribution is 6.10. The van der Waals surface area contributed by atoms with Gasteiger partial charge >= 0.3 is 0 Å². The molecule has 1 aromatic heterocycles. The molecule has 4 aromatic rings. The monoisotopic (exact) mass is 419 g/mol. The van der Waals surface area contributed by atoms with Crippen LogP contribution in [0.3, 0.4) is 0 Å². The van der Waals surface area contributed by atoms with Gasteiger partial charge in [0.1, 0.15) is 11.6 Å². The van der Waals surface area contributed by atoms with Crippen LogP contribution in [-0.4, -0.2) is 10.5 Å². The van der Waals surface area contributed by atoms with Gasteiger partial charge in [0.25, 0.3) is 5.91 Å². The molecule has 0 fully saturated rings. The first-order chi connectivity index (χ1) is 15.5. The van der Waals surface area contributed by atoms with Gasteiger partial charge in [0, 0.05) is 22.8 Å². The maximum absolute atomic E-state index is 12.8. The summed E-state index contributed by atoms with van der Waals surface area (Å²) in [6.07, 6.45) is 2.66. The molecule has 0 aliphatic rings. The van der Waals surface area contributed by atoms with Crippen molar-refractivity contribution in [3.63, 3.8) is 0 Å². The van der Waals surface area contributed by atoms with Gasteiger partial charge in [0.2, 0.25) is 0 Å². The molecule has 4 nitrogen and oxygen atoms in total. The second-order valence-electron chi connectivity index (χ2n) is 7.87. The van der Waals surface area contributed by atoms with Crippen molar-refractivity contribution in [1.82, 2.24) is 4.57 Å². The van der Waals surface area contributed by atoms with Crippen LogP contribution in [0.4, 0.5) is 5.69 Å². The lowest BCUT2D eigenvalue weighted by molar-refractivity contribution is -0.112. The highest BCUT2D eigenvalue weighted by atomic mass is 16.1. The van der Waals surface area contributed by atoms with E-state index in [9.17, 15) is 10.1 Å². The molecule has 1 heterocycles. The maximum atomic E-state index is 12.8. The lowest BCUT2D eigenvalue weighted by atomic mass is 10.1. The quantitative estimate of drug-likeness (QED) is 0.302. The van der Waals surface area contributed by atoms with Crippen molar-refractivity contribution in [1.29, 1.82) is 5.26 Å². The van der Waals surface area contributed by atoms with Crippen LogP contribution in [0.1, 0.15) is 29.4 Å². The molecule has 3 aromatic carbocycles. The standard InChI is InChI=1S/C28H25N3O/c1-4-21-9-13-27(14-10-21)31-19(2)15-24(20(31)3)16-25(18-29)28(32)30-26-12-11-22-7-5-6-8-23(22)17-26/h5-17H,4H2,1-3H3,(H,30,32)/b25-16-. The fraction of sp³-hybridized carbons (Fsp3) is 0.143. The predicted octanol–water partition coefficient (Wildman–Crippen LogP) is 6.36. The fourth-order valence-electron chi connectivity index (χ4n) is 3.98. The van der Waals surface area contributed by atoms with Gasteiger partial charge in [-0.05, 0) is 78.6 Å². The summed E-state index contributed by atoms with van der Waals surface area (Å²) in [6.45, 7) is 6.17. The predicted molar refractivity (Wildman–Crippen MR) is 131 cm³/mol. The SMILES string of the molecule is CCc1ccc(-n2c(C)cc(/C=C(/C#N)C(=O)Nc3ccc4ccccc4c3)c2C)cc1. The first-order valence-electron chi connectivity index (χ1n) is 10.7. The summed E-state index contributed by atoms with van der Waals surface area (Å²) in [6, 6.07) is 26.2. The van der Waals surface area contributed by atoms with E-state index in [-0.39, 0.29) is 5.57 Å². The number of hydrogen-bond acceptors (Lipinski definition) is 2. The molecule has 0 aliphatic carbocycles. The molecular weight excluding hydrogens is 394 g/mol. The van der Waals surface area contributed by atoms with Crippen LogP contribution in [0.25, 0.3) is 22.5 Å². The molecule has 1 N–H and O–H groups in total. The Bertz CT molecular complexity index is 1370. The number of hydrogen-bond donors (Lipinski definition) is 1. The number of aryl methyl sites for hydroxylation is 2. The van der Waals surface area contributed by atoms with E-state index in [0.29, 0.717) is 5.69 Å². The molecule has 0 unspecified atom stereocenters. The Morgan fingerprint density at radius 1 is 1.00 bits per heavy atom. The Morgan fingerprint density at radius 2 is 1.72 bits per heavy atom. The van der Waals surface area contributed by atoms with E-state index >= 15 is 0 Å². The van der Waals surface area contributed by atoms with Gasteiger partial charge in [0.05, 0.1) is 0 Å². The minimum absolute atomic E-state index is 0.0692. The average Bonchev–Trinajstić information content (AvgIpc) is 3.09. The minimum Gasteiger partial charge on any atom is -0.321 e. The zero-order chi connectivity index (χ0) is 22.7. The summed E-state index contributed by atoms with van der Waals surface area (Å²) < 4.78 is 2.14. The van der Waals surface area contributed by atoms with Gasteiger partial charge in [-0.25, -0.2) is 0 Å². The van der Waals surface area contributed by atoms with E-state index in [4.69, 9.17) is 0 Å². The van der Waals surface area contributed by atoms with E-state index in [1.165, 1.54) is 5.56 Å². The minimum atomic E-state index is -0.417. The second kappa shape index (κ2) is 8.95. The molecule has 4 heteroatoms. The Balaban J connectivity index is 1.62. The first-order valence-corrected chi connectivity index (χ1v) is 10.7. The van der Waals surface area contributed by atoms with Gasteiger partial charge in [-0.3, -0.25) is 4.79 Å². The van der Waals surface area contributed by atoms with Crippen molar-refractivity contribution >= 4 is 28.4 Å². The largest absolute Gasteiger partial charge is 0.321 e. The van der Waals surface area contributed by atoms with Crippen LogP contribution >= 0.6 is 0 Å². The van der Waals surface area contributed by atoms with Crippen molar-refractivity contribution in [2.45, 2.75) is 27.2 Å². The Labute approximate surface area is 188 Å². The molecule has 0 saturated heterocycles. The van der Waals surface area contributed by atoms with Gasteiger partial charge in [-0.2, -0.15) is 5.26 Å². The summed E-state index contributed by atoms with van der Waals surface area (Å²) >= 11 is 0. The van der Waals surface area contributed by atoms with Crippen LogP contribution in [0.15, 0.2) is 78.4 Å². The number of nitrogens with one attached hydrogen (secondary N) is 1. The smallest absolute Gasteiger partial charge is 0.266 e. The van der Waals surface area contributed by atoms with E-state index in [1.807, 2.05) is 62.4 Å². The van der Waals surface area contributed by atoms with Crippen LogP contribution in [0, 0.1) is 25.2 Å². The summed E-state index contributed by atoms with van der Waals surface area (Å²) in [5.74, 6) is -0.417. The van der Waals surface area contributed by atoms with Crippen molar-refractivity contribution in [2.75, 3.05) is 5.32 Å². The summed E-state index contributed by atoms with van der Waals surface area (Å²) in [5.41, 5.74) is 5.97. The molecule has 1 amide bonds. The first kappa shape index (κ1) is 21.1. The van der Waals surface area contributed by atoms with E-state index in [1.54, 1.807) is 6.08 Å². The number of nitriles is 1. The van der Waals surface area contributed by atoms with Gasteiger partial charge in [-0.15, -0.1) is 0 Å². The molecular formula is C28H25N3O. The summed E-state index contributed by atoms with van der Waals surface area (Å²) in [4.78, 5) is 12.8. The highest BCUT2D eigenvalue weighted by Gasteiger charge is 2.14. The summed E-state index contributed by atoms with van der Waals surface area (Å²) in [7, 11) is 0. The number of amides is 1. The third kappa shape index (κ3) is 4.19. The maximum Gasteiger partial charge on any atom is 0.266 e. The van der Waals surface area contributed by atoms with Crippen LogP contribution in [0.5, 0.6) is 0 Å². The molecule has 4 rings (SSSR count). The van der Waals surface area contributed by atoms with Crippen molar-refractivity contribution in [3.05, 3.63) is 101 Å². The number of aromatic nitrogens is 1. The summed E-state index contributed by atoms with van der Waals surface area (Å²) in [5, 5.41) is 14.6. The lowest BCUT2D eigenvalue weighted by Crippen LogP contribution is -2.13. The van der Waals surface area contributed by atoms with Crippen LogP contribution < -0.4 is 5.32 Å². The highest BCUT2D eigenvalue weighted by Crippen LogP contribution is 2.24. The zero-order valence-electron chi connectivity index (χ0n) is 18.5. The van der Waals surface area contributed by atoms with Gasteiger partial charge in [0.15, 0.2) is 0 Å². The van der Waals surface area contributed by atoms with Crippen LogP contribution in [0.2, 0.25) is 0 Å². The molecule has 0 spiro atoms. The number of anilines is 1. The van der Waals surface area contributed by atoms with Crippen LogP contribution in [-0.2, 0) is 11.2 Å². The molecule has 158 valence electrons. The lowest BCUT2D eigenvalue weighted by Gasteiger charge is -2.10. The number of carbonyl (C=O) groups excluding carboxylic acids is 1. The molecule has 0 atom stereocenters. The molecule has 0 aliphatic heterocycles. The van der Waals surface area contributed by atoms with Crippen molar-refractivity contribution in [2.24, 2.45) is 0 Å². The average molecular weight is 420 g/mol. The van der Waals surface area contributed by atoms with E-state index in [0.717, 1.165) is 39.8 Å². The number of benzene rings is 3. The number of carbonyl (C=O) groups is 1. The molecule has 32 heavy (non-hydrogen) atoms. The fourth-order valence-corrected chi connectivity index (χ4v) is 3.98. The van der Waals surface area contributed by atoms with Gasteiger partial charge < -0.3 is 9.88 Å². The van der Waals surface area contributed by atoms with Crippen molar-refractivity contribution < 1.29 is 4.79 Å². The van der Waals surface area contributed by atoms with Gasteiger partial charge in [-0.1, -0.05) is 49.4 Å². The molecule has 0 bridgehead atoms. The molecule has 0 saturated carbocycles. The number of rotatable bonds is 5. The van der Waals surface area contributed by atoms with E-state index < -0.39 is 5.91 Å². The molecule has 0 radical (unpaired) electrons.